The van der Waals surface area contributed by atoms with E-state index in [0.717, 1.165) is 11.1 Å². The van der Waals surface area contributed by atoms with Crippen LogP contribution in [0.2, 0.25) is 0 Å². The number of hydrogen-bond acceptors (Lipinski definition) is 4. The van der Waals surface area contributed by atoms with E-state index in [1.54, 1.807) is 48.5 Å². The van der Waals surface area contributed by atoms with Crippen molar-refractivity contribution in [1.29, 1.82) is 0 Å². The van der Waals surface area contributed by atoms with Crippen LogP contribution in [0, 0.1) is 6.92 Å². The van der Waals surface area contributed by atoms with Gasteiger partial charge in [0, 0.05) is 12.1 Å². The van der Waals surface area contributed by atoms with Gasteiger partial charge in [0.1, 0.15) is 0 Å². The molecule has 2 aromatic carbocycles. The number of benzene rings is 2. The molecule has 0 spiro atoms. The highest BCUT2D eigenvalue weighted by molar-refractivity contribution is 7.92. The van der Waals surface area contributed by atoms with Gasteiger partial charge in [-0.25, -0.2) is 8.42 Å². The predicted molar refractivity (Wildman–Crippen MR) is 103 cm³/mol. The van der Waals surface area contributed by atoms with Crippen molar-refractivity contribution in [3.8, 4) is 0 Å². The molecule has 2 N–H and O–H groups in total. The van der Waals surface area contributed by atoms with E-state index in [2.05, 4.69) is 10.0 Å². The lowest BCUT2D eigenvalue weighted by molar-refractivity contribution is -0.138. The zero-order chi connectivity index (χ0) is 19.7. The van der Waals surface area contributed by atoms with E-state index in [9.17, 15) is 18.0 Å². The van der Waals surface area contributed by atoms with Gasteiger partial charge in [-0.3, -0.25) is 19.6 Å². The quantitative estimate of drug-likeness (QED) is 0.773. The first-order chi connectivity index (χ1) is 12.8. The minimum Gasteiger partial charge on any atom is -0.296 e. The lowest BCUT2D eigenvalue weighted by atomic mass is 9.72. The molecule has 0 aliphatic carbocycles. The molecule has 1 heterocycles. The Morgan fingerprint density at radius 2 is 1.67 bits per heavy atom. The second kappa shape index (κ2) is 7.15. The summed E-state index contributed by atoms with van der Waals surface area (Å²) in [6.07, 6.45) is 1.30. The Morgan fingerprint density at radius 1 is 1.04 bits per heavy atom. The van der Waals surface area contributed by atoms with Crippen LogP contribution in [-0.4, -0.2) is 20.2 Å². The summed E-state index contributed by atoms with van der Waals surface area (Å²) in [5.74, 6) is -0.555. The van der Waals surface area contributed by atoms with Gasteiger partial charge in [-0.15, -0.1) is 0 Å². The summed E-state index contributed by atoms with van der Waals surface area (Å²) < 4.78 is 27.5. The average molecular weight is 386 g/mol. The van der Waals surface area contributed by atoms with Crippen LogP contribution >= 0.6 is 0 Å². The second-order valence-corrected chi connectivity index (χ2v) is 8.49. The predicted octanol–water partition coefficient (Wildman–Crippen LogP) is 2.88. The van der Waals surface area contributed by atoms with Gasteiger partial charge in [0.25, 0.3) is 10.0 Å². The van der Waals surface area contributed by atoms with E-state index < -0.39 is 15.4 Å². The molecule has 1 atom stereocenters. The number of anilines is 1. The number of imide groups is 1. The zero-order valence-electron chi connectivity index (χ0n) is 15.3. The largest absolute Gasteiger partial charge is 0.296 e. The van der Waals surface area contributed by atoms with E-state index >= 15 is 0 Å². The summed E-state index contributed by atoms with van der Waals surface area (Å²) in [5, 5.41) is 2.41. The fraction of sp³-hybridized carbons (Fsp3) is 0.300. The van der Waals surface area contributed by atoms with Crippen LogP contribution in [0.5, 0.6) is 0 Å². The second-order valence-electron chi connectivity index (χ2n) is 6.81. The average Bonchev–Trinajstić information content (AvgIpc) is 2.63. The van der Waals surface area contributed by atoms with Crippen LogP contribution in [0.3, 0.4) is 0 Å². The van der Waals surface area contributed by atoms with E-state index in [0.29, 0.717) is 24.9 Å². The normalized spacial score (nSPS) is 20.2. The smallest absolute Gasteiger partial charge is 0.261 e. The number of rotatable bonds is 5. The number of sulfonamides is 1. The van der Waals surface area contributed by atoms with Gasteiger partial charge >= 0.3 is 0 Å². The van der Waals surface area contributed by atoms with Crippen molar-refractivity contribution < 1.29 is 18.0 Å². The molecular formula is C20H22N2O4S. The Balaban J connectivity index is 1.84. The third kappa shape index (κ3) is 3.73. The molecule has 7 heteroatoms. The number of carbonyl (C=O) groups excluding carboxylic acids is 2. The number of nitrogens with one attached hydrogen (secondary N) is 2. The summed E-state index contributed by atoms with van der Waals surface area (Å²) in [5.41, 5.74) is 1.40. The van der Waals surface area contributed by atoms with Crippen LogP contribution in [-0.2, 0) is 25.0 Å². The Hall–Kier alpha value is -2.67. The molecule has 142 valence electrons. The Morgan fingerprint density at radius 3 is 2.22 bits per heavy atom. The summed E-state index contributed by atoms with van der Waals surface area (Å²) in [4.78, 5) is 24.1. The third-order valence-corrected chi connectivity index (χ3v) is 6.49. The van der Waals surface area contributed by atoms with Gasteiger partial charge in [-0.2, -0.15) is 0 Å². The lowest BCUT2D eigenvalue weighted by Gasteiger charge is -2.35. The Labute approximate surface area is 159 Å². The van der Waals surface area contributed by atoms with Crippen molar-refractivity contribution in [2.75, 3.05) is 4.72 Å². The fourth-order valence-corrected chi connectivity index (χ4v) is 4.41. The molecule has 0 bridgehead atoms. The van der Waals surface area contributed by atoms with Gasteiger partial charge in [-0.05, 0) is 49.6 Å². The minimum atomic E-state index is -3.68. The molecule has 6 nitrogen and oxygen atoms in total. The molecule has 2 aromatic rings. The first kappa shape index (κ1) is 19.1. The van der Waals surface area contributed by atoms with E-state index in [4.69, 9.17) is 0 Å². The van der Waals surface area contributed by atoms with Crippen molar-refractivity contribution in [2.45, 2.75) is 43.4 Å². The van der Waals surface area contributed by atoms with Crippen LogP contribution in [0.1, 0.15) is 37.3 Å². The molecule has 0 unspecified atom stereocenters. The van der Waals surface area contributed by atoms with E-state index in [1.165, 1.54) is 0 Å². The van der Waals surface area contributed by atoms with Gasteiger partial charge in [0.2, 0.25) is 11.8 Å². The number of piperidine rings is 1. The van der Waals surface area contributed by atoms with Crippen molar-refractivity contribution in [1.82, 2.24) is 5.32 Å². The molecule has 0 radical (unpaired) electrons. The molecule has 3 rings (SSSR count). The molecule has 0 saturated carbocycles. The van der Waals surface area contributed by atoms with Crippen molar-refractivity contribution in [2.24, 2.45) is 0 Å². The Kier molecular flexibility index (Phi) is 5.06. The molecule has 0 aromatic heterocycles. The number of carbonyl (C=O) groups is 2. The maximum atomic E-state index is 12.5. The first-order valence-electron chi connectivity index (χ1n) is 8.81. The highest BCUT2D eigenvalue weighted by Gasteiger charge is 2.42. The molecule has 1 aliphatic rings. The zero-order valence-corrected chi connectivity index (χ0v) is 16.1. The SMILES string of the molecule is CC[C@]1(c2ccc(NS(=O)(=O)c3ccc(C)cc3)cc2)CCC(=O)NC1=O. The summed E-state index contributed by atoms with van der Waals surface area (Å²) in [6, 6.07) is 13.4. The molecule has 1 aliphatic heterocycles. The number of aryl methyl sites for hydroxylation is 1. The lowest BCUT2D eigenvalue weighted by Crippen LogP contribution is -2.51. The minimum absolute atomic E-state index is 0.187. The molecule has 1 saturated heterocycles. The van der Waals surface area contributed by atoms with Crippen LogP contribution in [0.15, 0.2) is 53.4 Å². The molecular weight excluding hydrogens is 364 g/mol. The third-order valence-electron chi connectivity index (χ3n) is 5.09. The highest BCUT2D eigenvalue weighted by atomic mass is 32.2. The fourth-order valence-electron chi connectivity index (χ4n) is 3.35. The molecule has 1 fully saturated rings. The maximum absolute atomic E-state index is 12.5. The van der Waals surface area contributed by atoms with Gasteiger partial charge in [0.05, 0.1) is 10.3 Å². The molecule has 27 heavy (non-hydrogen) atoms. The monoisotopic (exact) mass is 386 g/mol. The summed E-state index contributed by atoms with van der Waals surface area (Å²) in [7, 11) is -3.68. The summed E-state index contributed by atoms with van der Waals surface area (Å²) in [6.45, 7) is 3.80. The van der Waals surface area contributed by atoms with Crippen LogP contribution < -0.4 is 10.0 Å². The van der Waals surface area contributed by atoms with Crippen LogP contribution in [0.25, 0.3) is 0 Å². The van der Waals surface area contributed by atoms with E-state index in [1.807, 2.05) is 13.8 Å². The van der Waals surface area contributed by atoms with Gasteiger partial charge < -0.3 is 0 Å². The maximum Gasteiger partial charge on any atom is 0.261 e. The topological polar surface area (TPSA) is 92.3 Å². The summed E-state index contributed by atoms with van der Waals surface area (Å²) >= 11 is 0. The van der Waals surface area contributed by atoms with Crippen molar-refractivity contribution >= 4 is 27.5 Å². The van der Waals surface area contributed by atoms with E-state index in [-0.39, 0.29) is 16.7 Å². The van der Waals surface area contributed by atoms with Gasteiger partial charge in [-0.1, -0.05) is 36.8 Å². The van der Waals surface area contributed by atoms with Crippen molar-refractivity contribution in [3.63, 3.8) is 0 Å². The Bertz CT molecular complexity index is 966. The van der Waals surface area contributed by atoms with Gasteiger partial charge in [0.15, 0.2) is 0 Å². The van der Waals surface area contributed by atoms with Crippen molar-refractivity contribution in [3.05, 3.63) is 59.7 Å². The highest BCUT2D eigenvalue weighted by Crippen LogP contribution is 2.36. The molecule has 2 amide bonds. The number of hydrogen-bond donors (Lipinski definition) is 2. The first-order valence-corrected chi connectivity index (χ1v) is 10.3. The standard InChI is InChI=1S/C20H22N2O4S/c1-3-20(13-12-18(23)21-19(20)24)15-6-8-16(9-7-15)22-27(25,26)17-10-4-14(2)5-11-17/h4-11,22H,3,12-13H2,1-2H3,(H,21,23,24)/t20-/m1/s1. The number of amides is 2. The van der Waals surface area contributed by atoms with Crippen LogP contribution in [0.4, 0.5) is 5.69 Å².